The van der Waals surface area contributed by atoms with Crippen molar-refractivity contribution in [1.82, 2.24) is 9.36 Å². The van der Waals surface area contributed by atoms with E-state index in [2.05, 4.69) is 9.36 Å². The van der Waals surface area contributed by atoms with Crippen LogP contribution in [-0.4, -0.2) is 27.6 Å². The fourth-order valence-electron chi connectivity index (χ4n) is 1.17. The van der Waals surface area contributed by atoms with Gasteiger partial charge in [0.05, 0.1) is 6.61 Å². The van der Waals surface area contributed by atoms with E-state index in [4.69, 9.17) is 10.8 Å². The highest BCUT2D eigenvalue weighted by Crippen LogP contribution is 2.39. The molecular formula is C8H13N3OS. The van der Waals surface area contributed by atoms with Crippen LogP contribution in [0.1, 0.15) is 35.5 Å². The third-order valence-electron chi connectivity index (χ3n) is 2.25. The van der Waals surface area contributed by atoms with E-state index in [1.165, 1.54) is 24.4 Å². The Morgan fingerprint density at radius 3 is 2.92 bits per heavy atom. The minimum atomic E-state index is -0.0231. The summed E-state index contributed by atoms with van der Waals surface area (Å²) in [5.74, 6) is 1.51. The Morgan fingerprint density at radius 1 is 1.62 bits per heavy atom. The van der Waals surface area contributed by atoms with Gasteiger partial charge >= 0.3 is 0 Å². The van der Waals surface area contributed by atoms with Gasteiger partial charge in [-0.05, 0) is 24.4 Å². The van der Waals surface area contributed by atoms with E-state index in [0.717, 1.165) is 10.8 Å². The van der Waals surface area contributed by atoms with Crippen LogP contribution in [0.25, 0.3) is 0 Å². The summed E-state index contributed by atoms with van der Waals surface area (Å²) in [6.45, 7) is 0.506. The molecule has 0 saturated heterocycles. The van der Waals surface area contributed by atoms with Gasteiger partial charge in [0.2, 0.25) is 0 Å². The molecule has 1 aliphatic rings. The summed E-state index contributed by atoms with van der Waals surface area (Å²) in [5, 5.41) is 9.88. The maximum absolute atomic E-state index is 9.00. The molecule has 0 amide bonds. The Bertz CT molecular complexity index is 281. The normalized spacial score (nSPS) is 18.9. The molecule has 1 aromatic heterocycles. The second-order valence-corrected chi connectivity index (χ2v) is 4.16. The van der Waals surface area contributed by atoms with Crippen LogP contribution < -0.4 is 5.73 Å². The number of hydrogen-bond donors (Lipinski definition) is 2. The van der Waals surface area contributed by atoms with Crippen LogP contribution in [0.2, 0.25) is 0 Å². The minimum Gasteiger partial charge on any atom is -0.396 e. The lowest BCUT2D eigenvalue weighted by Crippen LogP contribution is -2.15. The molecule has 72 valence electrons. The van der Waals surface area contributed by atoms with Crippen LogP contribution in [0.3, 0.4) is 0 Å². The third kappa shape index (κ3) is 1.87. The lowest BCUT2D eigenvalue weighted by atomic mass is 10.2. The number of hydrogen-bond acceptors (Lipinski definition) is 5. The molecule has 1 fully saturated rings. The zero-order valence-corrected chi connectivity index (χ0v) is 8.13. The fourth-order valence-corrected chi connectivity index (χ4v) is 2.01. The van der Waals surface area contributed by atoms with Crippen LogP contribution in [0.4, 0.5) is 0 Å². The standard InChI is InChI=1S/C8H13N3OS/c9-3-6(4-12)8-10-7(11-13-8)5-1-2-5/h5-6,12H,1-4,9H2. The molecule has 5 heteroatoms. The Balaban J connectivity index is 2.10. The van der Waals surface area contributed by atoms with Crippen molar-refractivity contribution in [2.45, 2.75) is 24.7 Å². The van der Waals surface area contributed by atoms with Gasteiger partial charge in [-0.25, -0.2) is 4.98 Å². The van der Waals surface area contributed by atoms with Gasteiger partial charge in [-0.1, -0.05) is 0 Å². The topological polar surface area (TPSA) is 72.0 Å². The summed E-state index contributed by atoms with van der Waals surface area (Å²) in [7, 11) is 0. The largest absolute Gasteiger partial charge is 0.396 e. The lowest BCUT2D eigenvalue weighted by molar-refractivity contribution is 0.267. The molecule has 1 atom stereocenters. The SMILES string of the molecule is NCC(CO)c1nc(C2CC2)ns1. The average Bonchev–Trinajstić information content (AvgIpc) is 2.89. The Hall–Kier alpha value is -0.520. The van der Waals surface area contributed by atoms with Crippen LogP contribution in [0, 0.1) is 0 Å². The Kier molecular flexibility index (Phi) is 2.57. The van der Waals surface area contributed by atoms with Gasteiger partial charge in [-0.15, -0.1) is 0 Å². The Labute approximate surface area is 81.0 Å². The Morgan fingerprint density at radius 2 is 2.38 bits per heavy atom. The van der Waals surface area contributed by atoms with Crippen molar-refractivity contribution in [3.63, 3.8) is 0 Å². The highest BCUT2D eigenvalue weighted by molar-refractivity contribution is 7.05. The summed E-state index contributed by atoms with van der Waals surface area (Å²) >= 11 is 1.37. The number of rotatable bonds is 4. The maximum Gasteiger partial charge on any atom is 0.145 e. The molecule has 3 N–H and O–H groups in total. The second-order valence-electron chi connectivity index (χ2n) is 3.38. The van der Waals surface area contributed by atoms with Gasteiger partial charge in [0, 0.05) is 18.4 Å². The van der Waals surface area contributed by atoms with E-state index in [-0.39, 0.29) is 12.5 Å². The van der Waals surface area contributed by atoms with Gasteiger partial charge < -0.3 is 10.8 Å². The fraction of sp³-hybridized carbons (Fsp3) is 0.750. The van der Waals surface area contributed by atoms with E-state index in [0.29, 0.717) is 12.5 Å². The zero-order chi connectivity index (χ0) is 9.26. The predicted octanol–water partition coefficient (Wildman–Crippen LogP) is 0.450. The van der Waals surface area contributed by atoms with E-state index in [1.807, 2.05) is 0 Å². The molecule has 2 rings (SSSR count). The van der Waals surface area contributed by atoms with Gasteiger partial charge in [0.25, 0.3) is 0 Å². The first-order valence-electron chi connectivity index (χ1n) is 4.49. The molecule has 0 spiro atoms. The van der Waals surface area contributed by atoms with Crippen molar-refractivity contribution in [2.75, 3.05) is 13.2 Å². The summed E-state index contributed by atoms with van der Waals surface area (Å²) in [5.41, 5.74) is 5.50. The first-order chi connectivity index (χ1) is 6.35. The third-order valence-corrected chi connectivity index (χ3v) is 3.14. The number of aromatic nitrogens is 2. The first-order valence-corrected chi connectivity index (χ1v) is 5.27. The number of aliphatic hydroxyl groups is 1. The van der Waals surface area contributed by atoms with Crippen LogP contribution in [-0.2, 0) is 0 Å². The zero-order valence-electron chi connectivity index (χ0n) is 7.31. The monoisotopic (exact) mass is 199 g/mol. The minimum absolute atomic E-state index is 0.0231. The van der Waals surface area contributed by atoms with Crippen LogP contribution in [0.5, 0.6) is 0 Å². The smallest absolute Gasteiger partial charge is 0.145 e. The van der Waals surface area contributed by atoms with Crippen molar-refractivity contribution in [3.8, 4) is 0 Å². The molecule has 0 aliphatic heterocycles. The summed E-state index contributed by atoms with van der Waals surface area (Å²) in [6, 6.07) is 0. The highest BCUT2D eigenvalue weighted by atomic mass is 32.1. The van der Waals surface area contributed by atoms with Crippen molar-refractivity contribution in [3.05, 3.63) is 10.8 Å². The average molecular weight is 199 g/mol. The first kappa shape index (κ1) is 9.05. The molecular weight excluding hydrogens is 186 g/mol. The van der Waals surface area contributed by atoms with Gasteiger partial charge in [-0.3, -0.25) is 0 Å². The molecule has 13 heavy (non-hydrogen) atoms. The summed E-state index contributed by atoms with van der Waals surface area (Å²) in [4.78, 5) is 4.38. The predicted molar refractivity (Wildman–Crippen MR) is 50.8 cm³/mol. The van der Waals surface area contributed by atoms with E-state index in [1.54, 1.807) is 0 Å². The quantitative estimate of drug-likeness (QED) is 0.738. The molecule has 1 aliphatic carbocycles. The molecule has 4 nitrogen and oxygen atoms in total. The van der Waals surface area contributed by atoms with Gasteiger partial charge in [0.1, 0.15) is 10.8 Å². The number of nitrogens with zero attached hydrogens (tertiary/aromatic N) is 2. The molecule has 0 aromatic carbocycles. The van der Waals surface area contributed by atoms with Gasteiger partial charge in [0.15, 0.2) is 0 Å². The number of nitrogens with two attached hydrogens (primary N) is 1. The lowest BCUT2D eigenvalue weighted by Gasteiger charge is -2.04. The molecule has 0 radical (unpaired) electrons. The summed E-state index contributed by atoms with van der Waals surface area (Å²) < 4.78 is 4.26. The summed E-state index contributed by atoms with van der Waals surface area (Å²) in [6.07, 6.45) is 2.42. The molecule has 1 unspecified atom stereocenters. The second kappa shape index (κ2) is 3.69. The molecule has 0 bridgehead atoms. The van der Waals surface area contributed by atoms with Gasteiger partial charge in [-0.2, -0.15) is 4.37 Å². The highest BCUT2D eigenvalue weighted by Gasteiger charge is 2.28. The van der Waals surface area contributed by atoms with Crippen molar-refractivity contribution >= 4 is 11.5 Å². The number of aliphatic hydroxyl groups excluding tert-OH is 1. The van der Waals surface area contributed by atoms with E-state index >= 15 is 0 Å². The molecule has 1 saturated carbocycles. The van der Waals surface area contributed by atoms with Crippen molar-refractivity contribution in [1.29, 1.82) is 0 Å². The van der Waals surface area contributed by atoms with Crippen molar-refractivity contribution < 1.29 is 5.11 Å². The van der Waals surface area contributed by atoms with Crippen LogP contribution in [0.15, 0.2) is 0 Å². The van der Waals surface area contributed by atoms with E-state index in [9.17, 15) is 0 Å². The maximum atomic E-state index is 9.00. The molecule has 1 heterocycles. The van der Waals surface area contributed by atoms with E-state index < -0.39 is 0 Å². The van der Waals surface area contributed by atoms with Crippen LogP contribution >= 0.6 is 11.5 Å². The molecule has 1 aromatic rings. The van der Waals surface area contributed by atoms with Crippen molar-refractivity contribution in [2.24, 2.45) is 5.73 Å².